The lowest BCUT2D eigenvalue weighted by atomic mass is 10.2. The molecule has 3 aromatic heterocycles. The number of imidazole rings is 1. The molecule has 14 heteroatoms. The van der Waals surface area contributed by atoms with Gasteiger partial charge in [0.1, 0.15) is 11.5 Å². The zero-order chi connectivity index (χ0) is 29.6. The van der Waals surface area contributed by atoms with Crippen LogP contribution in [0.2, 0.25) is 5.02 Å². The number of fused-ring (bicyclic) bond motifs is 1. The molecule has 0 atom stereocenters. The van der Waals surface area contributed by atoms with Crippen LogP contribution in [0.1, 0.15) is 25.2 Å². The maximum atomic E-state index is 13.6. The molecule has 0 N–H and O–H groups in total. The van der Waals surface area contributed by atoms with Crippen LogP contribution in [0.25, 0.3) is 11.2 Å². The molecule has 4 aromatic rings. The lowest BCUT2D eigenvalue weighted by Gasteiger charge is -2.13. The van der Waals surface area contributed by atoms with Crippen LogP contribution >= 0.6 is 11.6 Å². The van der Waals surface area contributed by atoms with Gasteiger partial charge in [-0.1, -0.05) is 28.9 Å². The normalized spacial score (nSPS) is 12.3. The van der Waals surface area contributed by atoms with Crippen molar-refractivity contribution < 1.29 is 27.2 Å². The third-order valence-electron chi connectivity index (χ3n) is 5.37. The lowest BCUT2D eigenvalue weighted by Crippen LogP contribution is -2.39. The average molecular weight is 580 g/mol. The van der Waals surface area contributed by atoms with E-state index in [1.54, 1.807) is 31.2 Å². The monoisotopic (exact) mass is 579 g/mol. The van der Waals surface area contributed by atoms with Gasteiger partial charge in [0.15, 0.2) is 16.9 Å². The van der Waals surface area contributed by atoms with Crippen molar-refractivity contribution in [2.24, 2.45) is 7.05 Å². The molecule has 1 aromatic carbocycles. The molecule has 0 amide bonds. The summed E-state index contributed by atoms with van der Waals surface area (Å²) in [6.45, 7) is 8.54. The van der Waals surface area contributed by atoms with E-state index < -0.39 is 23.4 Å². The molecule has 10 nitrogen and oxygen atoms in total. The lowest BCUT2D eigenvalue weighted by molar-refractivity contribution is -0.305. The van der Waals surface area contributed by atoms with E-state index in [2.05, 4.69) is 28.0 Å². The molecule has 0 spiro atoms. The molecular formula is C26H25ClF3N5O5. The van der Waals surface area contributed by atoms with Gasteiger partial charge in [0, 0.05) is 24.2 Å². The fourth-order valence-corrected chi connectivity index (χ4v) is 3.78. The molecule has 0 aliphatic rings. The number of alkyl halides is 3. The summed E-state index contributed by atoms with van der Waals surface area (Å²) in [5.41, 5.74) is -0.588. The summed E-state index contributed by atoms with van der Waals surface area (Å²) >= 11 is 6.00. The van der Waals surface area contributed by atoms with Crippen LogP contribution in [0.4, 0.5) is 13.2 Å². The molecule has 0 aliphatic heterocycles. The average Bonchev–Trinajstić information content (AvgIpc) is 3.54. The van der Waals surface area contributed by atoms with Crippen molar-refractivity contribution in [1.82, 2.24) is 23.8 Å². The van der Waals surface area contributed by atoms with Crippen LogP contribution in [0, 0.1) is 0 Å². The van der Waals surface area contributed by atoms with E-state index in [0.29, 0.717) is 10.6 Å². The Morgan fingerprint density at radius 2 is 1.80 bits per heavy atom. The summed E-state index contributed by atoms with van der Waals surface area (Å²) in [7, 11) is 1.43. The van der Waals surface area contributed by atoms with E-state index in [1.165, 1.54) is 34.5 Å². The highest BCUT2D eigenvalue weighted by atomic mass is 35.5. The van der Waals surface area contributed by atoms with Gasteiger partial charge >= 0.3 is 18.1 Å². The van der Waals surface area contributed by atoms with E-state index in [1.807, 2.05) is 0 Å². The summed E-state index contributed by atoms with van der Waals surface area (Å²) in [6.07, 6.45) is -1.07. The van der Waals surface area contributed by atoms with Crippen LogP contribution in [-0.2, 0) is 24.9 Å². The van der Waals surface area contributed by atoms with Gasteiger partial charge in [-0.05, 0) is 37.6 Å². The zero-order valence-corrected chi connectivity index (χ0v) is 22.5. The number of halogens is 4. The number of allylic oxidation sites excluding steroid dienone is 3. The summed E-state index contributed by atoms with van der Waals surface area (Å²) in [5.74, 6) is -0.232. The molecule has 0 saturated carbocycles. The molecule has 4 rings (SSSR count). The van der Waals surface area contributed by atoms with Gasteiger partial charge in [0.05, 0.1) is 19.3 Å². The smallest absolute Gasteiger partial charge is 0.426 e. The second kappa shape index (κ2) is 12.6. The highest BCUT2D eigenvalue weighted by Gasteiger charge is 2.31. The van der Waals surface area contributed by atoms with Crippen LogP contribution in [0.3, 0.4) is 0 Å². The Hall–Kier alpha value is -4.52. The standard InChI is InChI=1S/C24H21ClF3N5O5.C2H4/c1-4-17(11-14(2)37-24(26,27)28)36-22-30-20-19(32(22)12-15-5-7-16(25)8-6-15)21(34)33(23(35)31(20)3)13-18-9-10-29-38-18;1-2/h4-11H,12-13H2,1-3H3;1-2H2/b14-11+,17-4+;. The Bertz CT molecular complexity index is 1650. The first-order chi connectivity index (χ1) is 19.0. The van der Waals surface area contributed by atoms with Crippen molar-refractivity contribution in [3.8, 4) is 6.01 Å². The first kappa shape index (κ1) is 30.0. The molecule has 40 heavy (non-hydrogen) atoms. The summed E-state index contributed by atoms with van der Waals surface area (Å²) in [6, 6.07) is 8.16. The van der Waals surface area contributed by atoms with Gasteiger partial charge in [0.2, 0.25) is 0 Å². The summed E-state index contributed by atoms with van der Waals surface area (Å²) < 4.78 is 56.2. The predicted molar refractivity (Wildman–Crippen MR) is 142 cm³/mol. The van der Waals surface area contributed by atoms with Gasteiger partial charge < -0.3 is 14.0 Å². The molecule has 212 valence electrons. The van der Waals surface area contributed by atoms with Crippen molar-refractivity contribution in [1.29, 1.82) is 0 Å². The highest BCUT2D eigenvalue weighted by molar-refractivity contribution is 6.30. The fraction of sp³-hybridized carbons (Fsp3) is 0.231. The largest absolute Gasteiger partial charge is 0.572 e. The molecule has 3 heterocycles. The highest BCUT2D eigenvalue weighted by Crippen LogP contribution is 2.25. The number of hydrogen-bond acceptors (Lipinski definition) is 7. The number of nitrogens with zero attached hydrogens (tertiary/aromatic N) is 5. The minimum absolute atomic E-state index is 0.0143. The zero-order valence-electron chi connectivity index (χ0n) is 21.7. The van der Waals surface area contributed by atoms with E-state index in [0.717, 1.165) is 17.6 Å². The second-order valence-corrected chi connectivity index (χ2v) is 8.52. The molecule has 0 radical (unpaired) electrons. The molecule has 0 bridgehead atoms. The molecule has 0 unspecified atom stereocenters. The number of ether oxygens (including phenoxy) is 2. The number of benzene rings is 1. The van der Waals surface area contributed by atoms with Crippen LogP contribution in [-0.4, -0.2) is 30.2 Å². The maximum Gasteiger partial charge on any atom is 0.572 e. The SMILES string of the molecule is C/C=C(\C=C(/C)OC(F)(F)F)Oc1nc2c(c(=O)n(Cc3ccno3)c(=O)n2C)n1Cc1ccc(Cl)cc1.C=C. The molecule has 0 aliphatic carbocycles. The van der Waals surface area contributed by atoms with Gasteiger partial charge in [-0.25, -0.2) is 4.79 Å². The van der Waals surface area contributed by atoms with Gasteiger partial charge in [-0.3, -0.25) is 18.5 Å². The first-order valence-electron chi connectivity index (χ1n) is 11.6. The third kappa shape index (κ3) is 6.91. The van der Waals surface area contributed by atoms with Gasteiger partial charge in [-0.15, -0.1) is 26.3 Å². The van der Waals surface area contributed by atoms with Crippen molar-refractivity contribution >= 4 is 22.8 Å². The Labute approximate surface area is 230 Å². The third-order valence-corrected chi connectivity index (χ3v) is 5.62. The van der Waals surface area contributed by atoms with Crippen LogP contribution in [0.15, 0.2) is 87.5 Å². The number of hydrogen-bond donors (Lipinski definition) is 0. The topological polar surface area (TPSA) is 106 Å². The summed E-state index contributed by atoms with van der Waals surface area (Å²) in [4.78, 5) is 30.9. The minimum Gasteiger partial charge on any atom is -0.426 e. The molecular weight excluding hydrogens is 555 g/mol. The Morgan fingerprint density at radius 3 is 2.38 bits per heavy atom. The number of aryl methyl sites for hydroxylation is 1. The maximum absolute atomic E-state index is 13.6. The van der Waals surface area contributed by atoms with Crippen LogP contribution < -0.4 is 16.0 Å². The minimum atomic E-state index is -4.88. The fourth-order valence-electron chi connectivity index (χ4n) is 3.66. The van der Waals surface area contributed by atoms with Crippen molar-refractivity contribution in [2.75, 3.05) is 0 Å². The van der Waals surface area contributed by atoms with E-state index >= 15 is 0 Å². The van der Waals surface area contributed by atoms with Gasteiger partial charge in [0.25, 0.3) is 5.56 Å². The number of aromatic nitrogens is 5. The van der Waals surface area contributed by atoms with Crippen molar-refractivity contribution in [2.45, 2.75) is 33.3 Å². The van der Waals surface area contributed by atoms with E-state index in [9.17, 15) is 22.8 Å². The second-order valence-electron chi connectivity index (χ2n) is 8.09. The summed E-state index contributed by atoms with van der Waals surface area (Å²) in [5, 5.41) is 4.09. The van der Waals surface area contributed by atoms with Crippen molar-refractivity contribution in [3.63, 3.8) is 0 Å². The Balaban J connectivity index is 0.00000216. The Kier molecular flexibility index (Phi) is 9.43. The number of rotatable bonds is 8. The van der Waals surface area contributed by atoms with Crippen LogP contribution in [0.5, 0.6) is 6.01 Å². The van der Waals surface area contributed by atoms with E-state index in [-0.39, 0.29) is 41.8 Å². The first-order valence-corrected chi connectivity index (χ1v) is 12.0. The molecule has 0 saturated heterocycles. The van der Waals surface area contributed by atoms with Gasteiger partial charge in [-0.2, -0.15) is 4.98 Å². The predicted octanol–water partition coefficient (Wildman–Crippen LogP) is 5.16. The Morgan fingerprint density at radius 1 is 1.12 bits per heavy atom. The quantitative estimate of drug-likeness (QED) is 0.161. The van der Waals surface area contributed by atoms with Crippen molar-refractivity contribution in [3.05, 3.63) is 111 Å². The van der Waals surface area contributed by atoms with E-state index in [4.69, 9.17) is 20.9 Å². The molecule has 0 fully saturated rings.